The minimum absolute atomic E-state index is 0.597. The fourth-order valence-corrected chi connectivity index (χ4v) is 2.56. The number of ether oxygens (including phenoxy) is 1. The lowest BCUT2D eigenvalue weighted by Gasteiger charge is -2.10. The molecule has 20 heavy (non-hydrogen) atoms. The zero-order chi connectivity index (χ0) is 14.8. The van der Waals surface area contributed by atoms with Crippen LogP contribution >= 0.6 is 23.2 Å². The zero-order valence-corrected chi connectivity index (χ0v) is 14.0. The topological polar surface area (TPSA) is 21.3 Å². The summed E-state index contributed by atoms with van der Waals surface area (Å²) in [5, 5.41) is 4.81. The van der Waals surface area contributed by atoms with Gasteiger partial charge in [-0.3, -0.25) is 0 Å². The van der Waals surface area contributed by atoms with Crippen molar-refractivity contribution < 1.29 is 4.74 Å². The molecule has 0 unspecified atom stereocenters. The van der Waals surface area contributed by atoms with Gasteiger partial charge in [-0.25, -0.2) is 0 Å². The maximum atomic E-state index is 6.27. The lowest BCUT2D eigenvalue weighted by atomic mass is 10.1. The molecule has 0 aliphatic heterocycles. The first kappa shape index (κ1) is 17.6. The summed E-state index contributed by atoms with van der Waals surface area (Å²) in [4.78, 5) is 0. The molecular formula is C16H25Cl2NO. The van der Waals surface area contributed by atoms with Crippen LogP contribution in [0.2, 0.25) is 10.0 Å². The van der Waals surface area contributed by atoms with E-state index in [-0.39, 0.29) is 0 Å². The highest BCUT2D eigenvalue weighted by atomic mass is 35.5. The maximum Gasteiger partial charge on any atom is 0.139 e. The SMILES string of the molecule is CCCNCCCCCc1cc(Cl)c(OCC)cc1Cl. The summed E-state index contributed by atoms with van der Waals surface area (Å²) in [5.41, 5.74) is 1.11. The fourth-order valence-electron chi connectivity index (χ4n) is 2.07. The average molecular weight is 318 g/mol. The molecule has 1 aromatic rings. The molecule has 1 N–H and O–H groups in total. The third-order valence-electron chi connectivity index (χ3n) is 3.13. The first-order valence-electron chi connectivity index (χ1n) is 7.50. The van der Waals surface area contributed by atoms with Crippen molar-refractivity contribution in [3.8, 4) is 5.75 Å². The first-order chi connectivity index (χ1) is 9.69. The van der Waals surface area contributed by atoms with Crippen molar-refractivity contribution in [2.45, 2.75) is 46.0 Å². The van der Waals surface area contributed by atoms with Crippen LogP contribution in [-0.4, -0.2) is 19.7 Å². The Morgan fingerprint density at radius 3 is 2.50 bits per heavy atom. The minimum atomic E-state index is 0.597. The molecule has 4 heteroatoms. The molecule has 2 nitrogen and oxygen atoms in total. The Kier molecular flexibility index (Phi) is 9.08. The number of unbranched alkanes of at least 4 members (excludes halogenated alkanes) is 2. The van der Waals surface area contributed by atoms with Crippen molar-refractivity contribution in [2.24, 2.45) is 0 Å². The average Bonchev–Trinajstić information content (AvgIpc) is 2.43. The largest absolute Gasteiger partial charge is 0.492 e. The lowest BCUT2D eigenvalue weighted by Crippen LogP contribution is -2.15. The Morgan fingerprint density at radius 2 is 1.80 bits per heavy atom. The van der Waals surface area contributed by atoms with Crippen molar-refractivity contribution in [3.05, 3.63) is 27.7 Å². The fraction of sp³-hybridized carbons (Fsp3) is 0.625. The van der Waals surface area contributed by atoms with E-state index >= 15 is 0 Å². The van der Waals surface area contributed by atoms with Crippen LogP contribution in [-0.2, 0) is 6.42 Å². The van der Waals surface area contributed by atoms with E-state index in [4.69, 9.17) is 27.9 Å². The standard InChI is InChI=1S/C16H25Cl2NO/c1-3-9-19-10-7-5-6-8-13-11-15(18)16(20-4-2)12-14(13)17/h11-12,19H,3-10H2,1-2H3. The van der Waals surface area contributed by atoms with Gasteiger partial charge in [0, 0.05) is 11.1 Å². The van der Waals surface area contributed by atoms with Gasteiger partial charge in [-0.2, -0.15) is 0 Å². The number of hydrogen-bond acceptors (Lipinski definition) is 2. The number of nitrogens with one attached hydrogen (secondary N) is 1. The Hall–Kier alpha value is -0.440. The van der Waals surface area contributed by atoms with Gasteiger partial charge in [0.05, 0.1) is 11.6 Å². The molecule has 114 valence electrons. The Labute approximate surface area is 132 Å². The highest BCUT2D eigenvalue weighted by molar-refractivity contribution is 6.34. The highest BCUT2D eigenvalue weighted by Crippen LogP contribution is 2.32. The molecule has 1 aromatic carbocycles. The second kappa shape index (κ2) is 10.3. The van der Waals surface area contributed by atoms with E-state index in [9.17, 15) is 0 Å². The molecule has 0 saturated heterocycles. The molecule has 0 fully saturated rings. The second-order valence-corrected chi connectivity index (χ2v) is 5.68. The minimum Gasteiger partial charge on any atom is -0.492 e. The first-order valence-corrected chi connectivity index (χ1v) is 8.26. The van der Waals surface area contributed by atoms with E-state index in [0.29, 0.717) is 17.4 Å². The number of rotatable bonds is 10. The third-order valence-corrected chi connectivity index (χ3v) is 3.77. The van der Waals surface area contributed by atoms with Crippen LogP contribution in [0.5, 0.6) is 5.75 Å². The summed E-state index contributed by atoms with van der Waals surface area (Å²) in [6, 6.07) is 3.76. The predicted molar refractivity (Wildman–Crippen MR) is 88.3 cm³/mol. The Bertz CT molecular complexity index is 396. The van der Waals surface area contributed by atoms with E-state index in [2.05, 4.69) is 12.2 Å². The summed E-state index contributed by atoms with van der Waals surface area (Å²) in [6.07, 6.45) is 5.72. The normalized spacial score (nSPS) is 10.8. The van der Waals surface area contributed by atoms with Crippen molar-refractivity contribution >= 4 is 23.2 Å². The number of halogens is 2. The molecular weight excluding hydrogens is 293 g/mol. The van der Waals surface area contributed by atoms with Crippen molar-refractivity contribution in [3.63, 3.8) is 0 Å². The van der Waals surface area contributed by atoms with E-state index in [1.165, 1.54) is 19.3 Å². The molecule has 0 aromatic heterocycles. The van der Waals surface area contributed by atoms with Crippen LogP contribution in [0.4, 0.5) is 0 Å². The second-order valence-electron chi connectivity index (χ2n) is 4.87. The number of benzene rings is 1. The van der Waals surface area contributed by atoms with Crippen molar-refractivity contribution in [1.82, 2.24) is 5.32 Å². The monoisotopic (exact) mass is 317 g/mol. The van der Waals surface area contributed by atoms with E-state index in [1.807, 2.05) is 19.1 Å². The van der Waals surface area contributed by atoms with Crippen LogP contribution in [0.15, 0.2) is 12.1 Å². The van der Waals surface area contributed by atoms with Crippen LogP contribution in [0.25, 0.3) is 0 Å². The molecule has 0 amide bonds. The van der Waals surface area contributed by atoms with Crippen LogP contribution in [0.3, 0.4) is 0 Å². The van der Waals surface area contributed by atoms with Gasteiger partial charge in [0.25, 0.3) is 0 Å². The molecule has 1 rings (SSSR count). The van der Waals surface area contributed by atoms with Gasteiger partial charge in [-0.15, -0.1) is 0 Å². The molecule has 0 aliphatic rings. The van der Waals surface area contributed by atoms with Gasteiger partial charge in [-0.05, 0) is 57.3 Å². The summed E-state index contributed by atoms with van der Waals surface area (Å²) < 4.78 is 5.43. The van der Waals surface area contributed by atoms with Gasteiger partial charge >= 0.3 is 0 Å². The molecule has 0 radical (unpaired) electrons. The van der Waals surface area contributed by atoms with Gasteiger partial charge < -0.3 is 10.1 Å². The van der Waals surface area contributed by atoms with Crippen LogP contribution < -0.4 is 10.1 Å². The van der Waals surface area contributed by atoms with Gasteiger partial charge in [-0.1, -0.05) is 36.5 Å². The van der Waals surface area contributed by atoms with Crippen molar-refractivity contribution in [1.29, 1.82) is 0 Å². The van der Waals surface area contributed by atoms with E-state index in [0.717, 1.165) is 36.5 Å². The number of aryl methyl sites for hydroxylation is 1. The molecule has 0 atom stereocenters. The lowest BCUT2D eigenvalue weighted by molar-refractivity contribution is 0.340. The predicted octanol–water partition coefficient (Wildman–Crippen LogP) is 5.10. The molecule has 0 aliphatic carbocycles. The summed E-state index contributed by atoms with van der Waals surface area (Å²) in [5.74, 6) is 0.673. The van der Waals surface area contributed by atoms with Gasteiger partial charge in [0.1, 0.15) is 5.75 Å². The van der Waals surface area contributed by atoms with Gasteiger partial charge in [0.2, 0.25) is 0 Å². The van der Waals surface area contributed by atoms with Crippen molar-refractivity contribution in [2.75, 3.05) is 19.7 Å². The summed E-state index contributed by atoms with van der Waals surface area (Å²) >= 11 is 12.5. The summed E-state index contributed by atoms with van der Waals surface area (Å²) in [6.45, 7) is 6.93. The maximum absolute atomic E-state index is 6.27. The Balaban J connectivity index is 2.35. The Morgan fingerprint density at radius 1 is 1.00 bits per heavy atom. The number of hydrogen-bond donors (Lipinski definition) is 1. The van der Waals surface area contributed by atoms with Crippen LogP contribution in [0, 0.1) is 0 Å². The highest BCUT2D eigenvalue weighted by Gasteiger charge is 2.08. The molecule has 0 heterocycles. The molecule has 0 bridgehead atoms. The molecule has 0 saturated carbocycles. The quantitative estimate of drug-likeness (QED) is 0.606. The summed E-state index contributed by atoms with van der Waals surface area (Å²) in [7, 11) is 0. The van der Waals surface area contributed by atoms with E-state index in [1.54, 1.807) is 0 Å². The van der Waals surface area contributed by atoms with Gasteiger partial charge in [0.15, 0.2) is 0 Å². The van der Waals surface area contributed by atoms with E-state index < -0.39 is 0 Å². The van der Waals surface area contributed by atoms with Crippen LogP contribution in [0.1, 0.15) is 45.1 Å². The third kappa shape index (κ3) is 6.34. The zero-order valence-electron chi connectivity index (χ0n) is 12.5. The molecule has 0 spiro atoms. The smallest absolute Gasteiger partial charge is 0.139 e.